The summed E-state index contributed by atoms with van der Waals surface area (Å²) in [5.74, 6) is 0.453. The van der Waals surface area contributed by atoms with Gasteiger partial charge in [-0.15, -0.1) is 0 Å². The van der Waals surface area contributed by atoms with Crippen molar-refractivity contribution in [3.8, 4) is 0 Å². The van der Waals surface area contributed by atoms with E-state index in [1.807, 2.05) is 55.6 Å². The summed E-state index contributed by atoms with van der Waals surface area (Å²) in [7, 11) is 7.05. The zero-order valence-corrected chi connectivity index (χ0v) is 24.1. The first-order valence-corrected chi connectivity index (χ1v) is 13.6. The molecular weight excluding hydrogens is 495 g/mol. The lowest BCUT2D eigenvalue weighted by Crippen LogP contribution is -2.53. The number of rotatable bonds is 12. The van der Waals surface area contributed by atoms with Gasteiger partial charge in [0.05, 0.1) is 30.3 Å². The van der Waals surface area contributed by atoms with Gasteiger partial charge in [0.2, 0.25) is 0 Å². The van der Waals surface area contributed by atoms with E-state index in [-0.39, 0.29) is 23.7 Å². The van der Waals surface area contributed by atoms with Crippen LogP contribution in [0, 0.1) is 11.3 Å². The molecule has 1 aliphatic carbocycles. The molecule has 0 radical (unpaired) electrons. The summed E-state index contributed by atoms with van der Waals surface area (Å²) < 4.78 is 24.6. The van der Waals surface area contributed by atoms with E-state index in [1.165, 1.54) is 19.3 Å². The molecule has 0 N–H and O–H groups in total. The van der Waals surface area contributed by atoms with Gasteiger partial charge in [0, 0.05) is 44.9 Å². The molecule has 0 aromatic heterocycles. The number of methoxy groups -OCH3 is 4. The second kappa shape index (κ2) is 13.1. The van der Waals surface area contributed by atoms with Crippen LogP contribution in [0.25, 0.3) is 0 Å². The van der Waals surface area contributed by atoms with Gasteiger partial charge in [0.25, 0.3) is 0 Å². The van der Waals surface area contributed by atoms with Crippen LogP contribution < -0.4 is 0 Å². The van der Waals surface area contributed by atoms with Crippen LogP contribution in [0.3, 0.4) is 0 Å². The molecule has 0 amide bonds. The van der Waals surface area contributed by atoms with Crippen molar-refractivity contribution in [1.29, 1.82) is 0 Å². The molecule has 0 aliphatic heterocycles. The summed E-state index contributed by atoms with van der Waals surface area (Å²) in [4.78, 5) is 0. The van der Waals surface area contributed by atoms with Crippen LogP contribution in [-0.2, 0) is 24.4 Å². The Kier molecular flexibility index (Phi) is 10.7. The molecule has 0 bridgehead atoms. The van der Waals surface area contributed by atoms with Crippen LogP contribution in [0.15, 0.2) is 48.5 Å². The Balaban J connectivity index is 2.10. The molecule has 4 unspecified atom stereocenters. The quantitative estimate of drug-likeness (QED) is 0.280. The van der Waals surface area contributed by atoms with Crippen molar-refractivity contribution < 1.29 is 18.9 Å². The number of benzene rings is 2. The van der Waals surface area contributed by atoms with E-state index in [0.717, 1.165) is 17.5 Å². The van der Waals surface area contributed by atoms with Gasteiger partial charge < -0.3 is 18.9 Å². The predicted molar refractivity (Wildman–Crippen MR) is 148 cm³/mol. The van der Waals surface area contributed by atoms with Crippen LogP contribution in [0.1, 0.15) is 57.1 Å². The molecule has 0 saturated heterocycles. The fraction of sp³-hybridized carbons (Fsp3) is 0.600. The first-order chi connectivity index (χ1) is 17.2. The molecular formula is C30H42Cl2O4. The Morgan fingerprint density at radius 2 is 1.39 bits per heavy atom. The van der Waals surface area contributed by atoms with Crippen LogP contribution in [0.5, 0.6) is 0 Å². The molecule has 4 atom stereocenters. The van der Waals surface area contributed by atoms with Gasteiger partial charge in [-0.05, 0) is 59.6 Å². The van der Waals surface area contributed by atoms with Gasteiger partial charge in [0.1, 0.15) is 0 Å². The van der Waals surface area contributed by atoms with Crippen molar-refractivity contribution in [1.82, 2.24) is 0 Å². The maximum atomic E-state index is 6.35. The molecule has 3 rings (SSSR count). The van der Waals surface area contributed by atoms with E-state index in [0.29, 0.717) is 29.0 Å². The zero-order valence-electron chi connectivity index (χ0n) is 22.6. The van der Waals surface area contributed by atoms with E-state index in [2.05, 4.69) is 13.8 Å². The molecule has 36 heavy (non-hydrogen) atoms. The third-order valence-electron chi connectivity index (χ3n) is 8.28. The van der Waals surface area contributed by atoms with Crippen molar-refractivity contribution in [3.63, 3.8) is 0 Å². The monoisotopic (exact) mass is 536 g/mol. The number of hydrogen-bond acceptors (Lipinski definition) is 4. The van der Waals surface area contributed by atoms with Crippen molar-refractivity contribution in [2.45, 2.75) is 69.7 Å². The first-order valence-electron chi connectivity index (χ1n) is 12.8. The van der Waals surface area contributed by atoms with Crippen molar-refractivity contribution in [2.75, 3.05) is 35.0 Å². The van der Waals surface area contributed by atoms with Crippen LogP contribution in [0.4, 0.5) is 0 Å². The molecule has 6 heteroatoms. The highest BCUT2D eigenvalue weighted by atomic mass is 35.5. The van der Waals surface area contributed by atoms with Gasteiger partial charge >= 0.3 is 0 Å². The Labute approximate surface area is 227 Å². The van der Waals surface area contributed by atoms with Crippen LogP contribution >= 0.6 is 23.2 Å². The molecule has 0 spiro atoms. The Morgan fingerprint density at radius 1 is 0.833 bits per heavy atom. The molecule has 200 valence electrons. The Hall–Kier alpha value is -1.14. The topological polar surface area (TPSA) is 36.9 Å². The van der Waals surface area contributed by atoms with E-state index in [4.69, 9.17) is 42.1 Å². The van der Waals surface area contributed by atoms with Gasteiger partial charge in [-0.2, -0.15) is 0 Å². The van der Waals surface area contributed by atoms with Gasteiger partial charge in [-0.3, -0.25) is 0 Å². The maximum Gasteiger partial charge on any atom is 0.0992 e. The number of halogens is 2. The summed E-state index contributed by atoms with van der Waals surface area (Å²) in [5.41, 5.74) is 1.63. The minimum atomic E-state index is -0.667. The summed E-state index contributed by atoms with van der Waals surface area (Å²) in [6.45, 7) is 5.13. The predicted octanol–water partition coefficient (Wildman–Crippen LogP) is 7.58. The fourth-order valence-electron chi connectivity index (χ4n) is 6.34. The molecule has 1 fully saturated rings. The zero-order chi connectivity index (χ0) is 26.3. The van der Waals surface area contributed by atoms with Gasteiger partial charge in [-0.1, -0.05) is 74.2 Å². The second-order valence-electron chi connectivity index (χ2n) is 10.7. The molecule has 1 aliphatic rings. The first kappa shape index (κ1) is 29.4. The average molecular weight is 538 g/mol. The summed E-state index contributed by atoms with van der Waals surface area (Å²) in [6, 6.07) is 15.8. The lowest BCUT2D eigenvalue weighted by atomic mass is 9.64. The van der Waals surface area contributed by atoms with Gasteiger partial charge in [0.15, 0.2) is 0 Å². The minimum Gasteiger partial charge on any atom is -0.383 e. The molecule has 1 saturated carbocycles. The summed E-state index contributed by atoms with van der Waals surface area (Å²) in [5, 5.41) is 1.36. The third kappa shape index (κ3) is 6.28. The van der Waals surface area contributed by atoms with Gasteiger partial charge in [-0.25, -0.2) is 0 Å². The number of ether oxygens (including phenoxy) is 4. The lowest BCUT2D eigenvalue weighted by Gasteiger charge is -2.47. The van der Waals surface area contributed by atoms with E-state index < -0.39 is 5.41 Å². The molecule has 4 nitrogen and oxygen atoms in total. The van der Waals surface area contributed by atoms with Crippen molar-refractivity contribution in [3.05, 3.63) is 69.7 Å². The van der Waals surface area contributed by atoms with E-state index in [9.17, 15) is 0 Å². The highest BCUT2D eigenvalue weighted by Crippen LogP contribution is 2.46. The number of hydrogen-bond donors (Lipinski definition) is 0. The third-order valence-corrected chi connectivity index (χ3v) is 8.78. The standard InChI is InChI=1S/C30H42Cl2O4/c1-29(2)18-8-7-9-25(29)26(34-4)19-27(35-5)28(36-6)30(20-33-3,21-10-14-23(31)15-11-21)22-12-16-24(32)17-13-22/h10-17,25-28H,7-9,18-20H2,1-6H3. The summed E-state index contributed by atoms with van der Waals surface area (Å²) >= 11 is 12.6. The largest absolute Gasteiger partial charge is 0.383 e. The molecule has 0 heterocycles. The summed E-state index contributed by atoms with van der Waals surface area (Å²) in [6.07, 6.45) is 5.04. The highest BCUT2D eigenvalue weighted by Gasteiger charge is 2.49. The van der Waals surface area contributed by atoms with Crippen LogP contribution in [-0.4, -0.2) is 53.4 Å². The van der Waals surface area contributed by atoms with E-state index >= 15 is 0 Å². The fourth-order valence-corrected chi connectivity index (χ4v) is 6.60. The lowest BCUT2D eigenvalue weighted by molar-refractivity contribution is -0.115. The molecule has 2 aromatic carbocycles. The van der Waals surface area contributed by atoms with Crippen molar-refractivity contribution >= 4 is 23.2 Å². The SMILES string of the molecule is COCC(c1ccc(Cl)cc1)(c1ccc(Cl)cc1)C(OC)C(CC(OC)C1CCCCC1(C)C)OC. The highest BCUT2D eigenvalue weighted by molar-refractivity contribution is 6.30. The normalized spacial score (nSPS) is 20.6. The second-order valence-corrected chi connectivity index (χ2v) is 11.6. The Morgan fingerprint density at radius 3 is 1.81 bits per heavy atom. The maximum absolute atomic E-state index is 6.35. The Bertz CT molecular complexity index is 883. The minimum absolute atomic E-state index is 0.0542. The smallest absolute Gasteiger partial charge is 0.0992 e. The average Bonchev–Trinajstić information content (AvgIpc) is 2.87. The van der Waals surface area contributed by atoms with Crippen molar-refractivity contribution in [2.24, 2.45) is 11.3 Å². The molecule has 2 aromatic rings. The van der Waals surface area contributed by atoms with E-state index in [1.54, 1.807) is 21.3 Å². The van der Waals surface area contributed by atoms with Crippen LogP contribution in [0.2, 0.25) is 10.0 Å².